The van der Waals surface area contributed by atoms with E-state index in [0.717, 1.165) is 10.5 Å². The Kier molecular flexibility index (Phi) is 6.50. The zero-order valence-electron chi connectivity index (χ0n) is 14.9. The predicted octanol–water partition coefficient (Wildman–Crippen LogP) is 3.13. The average molecular weight is 379 g/mol. The number of thioether (sulfide) groups is 1. The quantitative estimate of drug-likeness (QED) is 0.810. The smallest absolute Gasteiger partial charge is 0.224 e. The van der Waals surface area contributed by atoms with Gasteiger partial charge in [0.25, 0.3) is 0 Å². The molecule has 0 aliphatic carbocycles. The fraction of sp³-hybridized carbons (Fsp3) is 0.286. The molecule has 0 saturated carbocycles. The second kappa shape index (κ2) is 9.24. The Labute approximate surface area is 163 Å². The van der Waals surface area contributed by atoms with Gasteiger partial charge in [0.15, 0.2) is 0 Å². The van der Waals surface area contributed by atoms with E-state index in [1.165, 1.54) is 0 Å². The first-order chi connectivity index (χ1) is 13.2. The number of benzene rings is 2. The van der Waals surface area contributed by atoms with Gasteiger partial charge in [-0.3, -0.25) is 9.59 Å². The van der Waals surface area contributed by atoms with Gasteiger partial charge in [0.1, 0.15) is 0 Å². The molecule has 0 radical (unpaired) electrons. The third kappa shape index (κ3) is 5.11. The molecule has 3 rings (SSSR count). The maximum atomic E-state index is 12.9. The second-order valence-corrected chi connectivity index (χ2v) is 7.47. The molecule has 0 aromatic heterocycles. The molecule has 1 aliphatic heterocycles. The SMILES string of the molecule is N#Cc1ccc(SCCC(=O)N2CCNC(=O)CC2c2ccccc2)cc1. The number of nitriles is 1. The lowest BCUT2D eigenvalue weighted by Crippen LogP contribution is -2.36. The van der Waals surface area contributed by atoms with Crippen LogP contribution in [0.5, 0.6) is 0 Å². The second-order valence-electron chi connectivity index (χ2n) is 6.30. The van der Waals surface area contributed by atoms with E-state index in [4.69, 9.17) is 5.26 Å². The molecule has 2 aromatic carbocycles. The molecule has 1 aliphatic rings. The molecule has 2 amide bonds. The molecule has 138 valence electrons. The number of nitrogens with zero attached hydrogens (tertiary/aromatic N) is 2. The van der Waals surface area contributed by atoms with E-state index in [1.54, 1.807) is 23.9 Å². The average Bonchev–Trinajstić information content (AvgIpc) is 2.90. The van der Waals surface area contributed by atoms with Gasteiger partial charge in [0.2, 0.25) is 11.8 Å². The summed E-state index contributed by atoms with van der Waals surface area (Å²) in [5.74, 6) is 0.692. The fourth-order valence-electron chi connectivity index (χ4n) is 3.13. The van der Waals surface area contributed by atoms with Crippen LogP contribution in [-0.2, 0) is 9.59 Å². The third-order valence-electron chi connectivity index (χ3n) is 4.50. The van der Waals surface area contributed by atoms with Gasteiger partial charge in [0.05, 0.1) is 24.1 Å². The van der Waals surface area contributed by atoms with Crippen LogP contribution in [0.1, 0.15) is 30.0 Å². The minimum absolute atomic E-state index is 0.0221. The molecule has 1 atom stereocenters. The summed E-state index contributed by atoms with van der Waals surface area (Å²) in [4.78, 5) is 27.7. The highest BCUT2D eigenvalue weighted by molar-refractivity contribution is 7.99. The van der Waals surface area contributed by atoms with E-state index in [9.17, 15) is 9.59 Å². The number of amides is 2. The number of nitrogens with one attached hydrogen (secondary N) is 1. The van der Waals surface area contributed by atoms with Crippen molar-refractivity contribution in [1.82, 2.24) is 10.2 Å². The van der Waals surface area contributed by atoms with Gasteiger partial charge in [-0.1, -0.05) is 30.3 Å². The molecule has 2 aromatic rings. The maximum Gasteiger partial charge on any atom is 0.224 e. The van der Waals surface area contributed by atoms with Crippen molar-refractivity contribution in [2.45, 2.75) is 23.8 Å². The third-order valence-corrected chi connectivity index (χ3v) is 5.52. The minimum Gasteiger partial charge on any atom is -0.354 e. The van der Waals surface area contributed by atoms with Crippen molar-refractivity contribution in [3.05, 3.63) is 65.7 Å². The molecule has 0 spiro atoms. The van der Waals surface area contributed by atoms with Crippen LogP contribution in [0.25, 0.3) is 0 Å². The van der Waals surface area contributed by atoms with E-state index in [1.807, 2.05) is 47.4 Å². The van der Waals surface area contributed by atoms with Crippen LogP contribution in [0.3, 0.4) is 0 Å². The van der Waals surface area contributed by atoms with Crippen LogP contribution < -0.4 is 5.32 Å². The first-order valence-corrected chi connectivity index (χ1v) is 9.90. The number of carbonyl (C=O) groups excluding carboxylic acids is 2. The van der Waals surface area contributed by atoms with Crippen LogP contribution >= 0.6 is 11.8 Å². The van der Waals surface area contributed by atoms with Gasteiger partial charge in [-0.15, -0.1) is 11.8 Å². The standard InChI is InChI=1S/C21H21N3O2S/c22-15-16-6-8-18(9-7-16)27-13-10-21(26)24-12-11-23-20(25)14-19(24)17-4-2-1-3-5-17/h1-9,19H,10-14H2,(H,23,25). The predicted molar refractivity (Wildman–Crippen MR) is 105 cm³/mol. The Morgan fingerprint density at radius 2 is 1.93 bits per heavy atom. The first-order valence-electron chi connectivity index (χ1n) is 8.91. The normalized spacial score (nSPS) is 16.9. The maximum absolute atomic E-state index is 12.9. The summed E-state index contributed by atoms with van der Waals surface area (Å²) in [6, 6.07) is 19.0. The van der Waals surface area contributed by atoms with Crippen molar-refractivity contribution in [2.24, 2.45) is 0 Å². The van der Waals surface area contributed by atoms with Crippen molar-refractivity contribution < 1.29 is 9.59 Å². The van der Waals surface area contributed by atoms with Crippen LogP contribution in [0.15, 0.2) is 59.5 Å². The van der Waals surface area contributed by atoms with Gasteiger partial charge >= 0.3 is 0 Å². The van der Waals surface area contributed by atoms with Crippen molar-refractivity contribution in [2.75, 3.05) is 18.8 Å². The van der Waals surface area contributed by atoms with Gasteiger partial charge < -0.3 is 10.2 Å². The van der Waals surface area contributed by atoms with Gasteiger partial charge in [-0.25, -0.2) is 0 Å². The van der Waals surface area contributed by atoms with Gasteiger partial charge in [-0.2, -0.15) is 5.26 Å². The molecule has 6 heteroatoms. The fourth-order valence-corrected chi connectivity index (χ4v) is 3.97. The van der Waals surface area contributed by atoms with E-state index in [-0.39, 0.29) is 17.9 Å². The Morgan fingerprint density at radius 3 is 2.63 bits per heavy atom. The number of hydrogen-bond acceptors (Lipinski definition) is 4. The molecule has 1 N–H and O–H groups in total. The molecule has 27 heavy (non-hydrogen) atoms. The van der Waals surface area contributed by atoms with E-state index in [2.05, 4.69) is 11.4 Å². The molecule has 0 bridgehead atoms. The van der Waals surface area contributed by atoms with Gasteiger partial charge in [0, 0.05) is 30.2 Å². The van der Waals surface area contributed by atoms with Crippen molar-refractivity contribution in [3.8, 4) is 6.07 Å². The molecular weight excluding hydrogens is 358 g/mol. The van der Waals surface area contributed by atoms with Crippen molar-refractivity contribution in [3.63, 3.8) is 0 Å². The summed E-state index contributed by atoms with van der Waals surface area (Å²) in [5, 5.41) is 11.7. The van der Waals surface area contributed by atoms with E-state index in [0.29, 0.717) is 37.2 Å². The monoisotopic (exact) mass is 379 g/mol. The zero-order chi connectivity index (χ0) is 19.1. The topological polar surface area (TPSA) is 73.2 Å². The lowest BCUT2D eigenvalue weighted by atomic mass is 10.0. The lowest BCUT2D eigenvalue weighted by Gasteiger charge is -2.29. The summed E-state index contributed by atoms with van der Waals surface area (Å²) < 4.78 is 0. The largest absolute Gasteiger partial charge is 0.354 e. The molecule has 1 fully saturated rings. The van der Waals surface area contributed by atoms with E-state index >= 15 is 0 Å². The molecule has 1 saturated heterocycles. The highest BCUT2D eigenvalue weighted by Crippen LogP contribution is 2.27. The summed E-state index contributed by atoms with van der Waals surface area (Å²) >= 11 is 1.60. The Balaban J connectivity index is 1.63. The lowest BCUT2D eigenvalue weighted by molar-refractivity contribution is -0.133. The van der Waals surface area contributed by atoms with Crippen LogP contribution in [-0.4, -0.2) is 35.6 Å². The molecule has 5 nitrogen and oxygen atoms in total. The minimum atomic E-state index is -0.221. The summed E-state index contributed by atoms with van der Waals surface area (Å²) in [6.07, 6.45) is 0.695. The zero-order valence-corrected chi connectivity index (χ0v) is 15.7. The van der Waals surface area contributed by atoms with E-state index < -0.39 is 0 Å². The Bertz CT molecular complexity index is 831. The first kappa shape index (κ1) is 19.0. The van der Waals surface area contributed by atoms with Crippen LogP contribution in [0.4, 0.5) is 0 Å². The molecule has 1 heterocycles. The summed E-state index contributed by atoms with van der Waals surface area (Å²) in [5.41, 5.74) is 1.62. The Morgan fingerprint density at radius 1 is 1.19 bits per heavy atom. The van der Waals surface area contributed by atoms with Crippen LogP contribution in [0.2, 0.25) is 0 Å². The molecular formula is C21H21N3O2S. The van der Waals surface area contributed by atoms with Gasteiger partial charge in [-0.05, 0) is 29.8 Å². The molecule has 1 unspecified atom stereocenters. The number of hydrogen-bond donors (Lipinski definition) is 1. The summed E-state index contributed by atoms with van der Waals surface area (Å²) in [6.45, 7) is 1.00. The number of carbonyl (C=O) groups is 2. The highest BCUT2D eigenvalue weighted by Gasteiger charge is 2.29. The number of rotatable bonds is 5. The van der Waals surface area contributed by atoms with Crippen LogP contribution in [0, 0.1) is 11.3 Å². The Hall–Kier alpha value is -2.78. The van der Waals surface area contributed by atoms with Crippen molar-refractivity contribution >= 4 is 23.6 Å². The summed E-state index contributed by atoms with van der Waals surface area (Å²) in [7, 11) is 0. The van der Waals surface area contributed by atoms with Crippen molar-refractivity contribution in [1.29, 1.82) is 5.26 Å². The highest BCUT2D eigenvalue weighted by atomic mass is 32.2.